The van der Waals surface area contributed by atoms with E-state index in [2.05, 4.69) is 0 Å². The molecule has 0 aromatic heterocycles. The third-order valence-corrected chi connectivity index (χ3v) is 5.23. The number of rotatable bonds is 5. The van der Waals surface area contributed by atoms with Crippen LogP contribution in [-0.4, -0.2) is 28.4 Å². The summed E-state index contributed by atoms with van der Waals surface area (Å²) in [6, 6.07) is 13.2. The number of hydrogen-bond acceptors (Lipinski definition) is 5. The Morgan fingerprint density at radius 3 is 1.68 bits per heavy atom. The Morgan fingerprint density at radius 2 is 1.18 bits per heavy atom. The SMILES string of the molecule is O=C(OC1CCC(OC(=C2CC2)c2ccc(O)cc2)CC1)c1ccc(O)cc1. The standard InChI is InChI=1S/C23H24O5/c24-18-7-3-16(4-8-18)22(15-1-2-15)27-20-11-13-21(14-12-20)28-23(26)17-5-9-19(25)10-6-17/h3-10,20-21,24-25H,1-2,11-14H2. The van der Waals surface area contributed by atoms with Gasteiger partial charge in [-0.3, -0.25) is 0 Å². The van der Waals surface area contributed by atoms with E-state index >= 15 is 0 Å². The molecule has 0 heterocycles. The van der Waals surface area contributed by atoms with Crippen molar-refractivity contribution < 1.29 is 24.5 Å². The molecule has 2 aromatic carbocycles. The molecule has 0 atom stereocenters. The Morgan fingerprint density at radius 1 is 0.714 bits per heavy atom. The maximum atomic E-state index is 12.2. The van der Waals surface area contributed by atoms with E-state index in [9.17, 15) is 15.0 Å². The van der Waals surface area contributed by atoms with E-state index in [4.69, 9.17) is 9.47 Å². The first-order valence-corrected chi connectivity index (χ1v) is 9.76. The molecule has 2 aliphatic carbocycles. The molecule has 2 aromatic rings. The number of carbonyl (C=O) groups is 1. The number of allylic oxidation sites excluding steroid dienone is 1. The summed E-state index contributed by atoms with van der Waals surface area (Å²) in [7, 11) is 0. The van der Waals surface area contributed by atoms with Gasteiger partial charge < -0.3 is 19.7 Å². The van der Waals surface area contributed by atoms with Crippen LogP contribution in [0.25, 0.3) is 5.76 Å². The zero-order chi connectivity index (χ0) is 19.5. The second-order valence-electron chi connectivity index (χ2n) is 7.45. The molecular formula is C23H24O5. The molecule has 4 rings (SSSR count). The molecule has 0 bridgehead atoms. The van der Waals surface area contributed by atoms with Crippen molar-refractivity contribution in [2.75, 3.05) is 0 Å². The van der Waals surface area contributed by atoms with E-state index in [0.717, 1.165) is 49.8 Å². The van der Waals surface area contributed by atoms with Crippen molar-refractivity contribution in [3.8, 4) is 11.5 Å². The second kappa shape index (κ2) is 7.97. The summed E-state index contributed by atoms with van der Waals surface area (Å²) in [5.41, 5.74) is 2.78. The number of carbonyl (C=O) groups excluding carboxylic acids is 1. The van der Waals surface area contributed by atoms with Gasteiger partial charge in [-0.2, -0.15) is 0 Å². The molecular weight excluding hydrogens is 356 g/mol. The lowest BCUT2D eigenvalue weighted by atomic mass is 9.94. The van der Waals surface area contributed by atoms with Gasteiger partial charge in [-0.05, 0) is 92.6 Å². The van der Waals surface area contributed by atoms with Gasteiger partial charge in [0.25, 0.3) is 0 Å². The fraction of sp³-hybridized carbons (Fsp3) is 0.348. The number of phenolic OH excluding ortho intramolecular Hbond substituents is 2. The molecule has 0 spiro atoms. The third-order valence-electron chi connectivity index (χ3n) is 5.23. The fourth-order valence-electron chi connectivity index (χ4n) is 3.51. The summed E-state index contributed by atoms with van der Waals surface area (Å²) < 4.78 is 11.9. The van der Waals surface area contributed by atoms with E-state index in [0.29, 0.717) is 5.56 Å². The van der Waals surface area contributed by atoms with E-state index < -0.39 is 0 Å². The van der Waals surface area contributed by atoms with Gasteiger partial charge in [0, 0.05) is 5.56 Å². The van der Waals surface area contributed by atoms with Crippen molar-refractivity contribution in [1.29, 1.82) is 0 Å². The number of phenols is 2. The van der Waals surface area contributed by atoms with Crippen LogP contribution in [-0.2, 0) is 9.47 Å². The average Bonchev–Trinajstić information content (AvgIpc) is 3.54. The first kappa shape index (κ1) is 18.4. The van der Waals surface area contributed by atoms with Gasteiger partial charge >= 0.3 is 5.97 Å². The molecule has 0 radical (unpaired) electrons. The van der Waals surface area contributed by atoms with Crippen molar-refractivity contribution in [3.63, 3.8) is 0 Å². The van der Waals surface area contributed by atoms with Crippen LogP contribution >= 0.6 is 0 Å². The molecule has 146 valence electrons. The predicted octanol–water partition coefficient (Wildman–Crippen LogP) is 4.79. The van der Waals surface area contributed by atoms with Crippen molar-refractivity contribution in [2.24, 2.45) is 0 Å². The second-order valence-corrected chi connectivity index (χ2v) is 7.45. The number of esters is 1. The van der Waals surface area contributed by atoms with E-state index in [1.54, 1.807) is 24.3 Å². The molecule has 28 heavy (non-hydrogen) atoms. The molecule has 0 saturated heterocycles. The molecule has 5 heteroatoms. The lowest BCUT2D eigenvalue weighted by molar-refractivity contribution is 0.00458. The number of hydrogen-bond donors (Lipinski definition) is 2. The van der Waals surface area contributed by atoms with Crippen LogP contribution in [0.15, 0.2) is 54.1 Å². The van der Waals surface area contributed by atoms with Gasteiger partial charge in [-0.25, -0.2) is 4.79 Å². The Labute approximate surface area is 164 Å². The highest BCUT2D eigenvalue weighted by Crippen LogP contribution is 2.39. The summed E-state index contributed by atoms with van der Waals surface area (Å²) in [5.74, 6) is 0.974. The summed E-state index contributed by atoms with van der Waals surface area (Å²) in [6.07, 6.45) is 5.35. The van der Waals surface area contributed by atoms with Crippen molar-refractivity contribution in [2.45, 2.75) is 50.7 Å². The molecule has 0 amide bonds. The van der Waals surface area contributed by atoms with Crippen molar-refractivity contribution in [1.82, 2.24) is 0 Å². The molecule has 2 N–H and O–H groups in total. The normalized spacial score (nSPS) is 21.1. The van der Waals surface area contributed by atoms with Gasteiger partial charge in [0.2, 0.25) is 0 Å². The fourth-order valence-corrected chi connectivity index (χ4v) is 3.51. The Hall–Kier alpha value is -2.95. The highest BCUT2D eigenvalue weighted by atomic mass is 16.5. The first-order valence-electron chi connectivity index (χ1n) is 9.76. The maximum absolute atomic E-state index is 12.2. The van der Waals surface area contributed by atoms with Gasteiger partial charge in [-0.15, -0.1) is 0 Å². The van der Waals surface area contributed by atoms with Gasteiger partial charge in [0.15, 0.2) is 0 Å². The minimum atomic E-state index is -0.353. The quantitative estimate of drug-likeness (QED) is 0.576. The Bertz CT molecular complexity index is 853. The molecule has 0 aliphatic heterocycles. The third kappa shape index (κ3) is 4.47. The number of benzene rings is 2. The van der Waals surface area contributed by atoms with Gasteiger partial charge in [-0.1, -0.05) is 0 Å². The smallest absolute Gasteiger partial charge is 0.338 e. The van der Waals surface area contributed by atoms with Crippen LogP contribution in [0.3, 0.4) is 0 Å². The van der Waals surface area contributed by atoms with Crippen LogP contribution in [0, 0.1) is 0 Å². The monoisotopic (exact) mass is 380 g/mol. The minimum absolute atomic E-state index is 0.105. The van der Waals surface area contributed by atoms with Crippen LogP contribution in [0.2, 0.25) is 0 Å². The Balaban J connectivity index is 1.31. The van der Waals surface area contributed by atoms with E-state index in [1.807, 2.05) is 12.1 Å². The van der Waals surface area contributed by atoms with Gasteiger partial charge in [0.05, 0.1) is 11.7 Å². The Kier molecular flexibility index (Phi) is 5.24. The number of ether oxygens (including phenoxy) is 2. The molecule has 2 fully saturated rings. The average molecular weight is 380 g/mol. The molecule has 5 nitrogen and oxygen atoms in total. The minimum Gasteiger partial charge on any atom is -0.508 e. The first-order chi connectivity index (χ1) is 13.6. The van der Waals surface area contributed by atoms with E-state index in [-0.39, 0.29) is 29.7 Å². The maximum Gasteiger partial charge on any atom is 0.338 e. The summed E-state index contributed by atoms with van der Waals surface area (Å²) >= 11 is 0. The van der Waals surface area contributed by atoms with Crippen molar-refractivity contribution >= 4 is 11.7 Å². The van der Waals surface area contributed by atoms with Crippen LogP contribution in [0.5, 0.6) is 11.5 Å². The lowest BCUT2D eigenvalue weighted by Gasteiger charge is -2.29. The number of aromatic hydroxyl groups is 2. The van der Waals surface area contributed by atoms with Crippen LogP contribution in [0.4, 0.5) is 0 Å². The van der Waals surface area contributed by atoms with E-state index in [1.165, 1.54) is 17.7 Å². The zero-order valence-corrected chi connectivity index (χ0v) is 15.6. The summed E-state index contributed by atoms with van der Waals surface area (Å²) in [5, 5.41) is 18.8. The zero-order valence-electron chi connectivity index (χ0n) is 15.6. The van der Waals surface area contributed by atoms with Crippen LogP contribution < -0.4 is 0 Å². The molecule has 0 unspecified atom stereocenters. The highest BCUT2D eigenvalue weighted by molar-refractivity contribution is 5.89. The van der Waals surface area contributed by atoms with Gasteiger partial charge in [0.1, 0.15) is 23.4 Å². The van der Waals surface area contributed by atoms with Crippen molar-refractivity contribution in [3.05, 3.63) is 65.2 Å². The van der Waals surface area contributed by atoms with Crippen LogP contribution in [0.1, 0.15) is 54.4 Å². The summed E-state index contributed by atoms with van der Waals surface area (Å²) in [6.45, 7) is 0. The molecule has 2 saturated carbocycles. The molecule has 2 aliphatic rings. The lowest BCUT2D eigenvalue weighted by Crippen LogP contribution is -2.28. The summed E-state index contributed by atoms with van der Waals surface area (Å²) in [4.78, 5) is 12.2. The predicted molar refractivity (Wildman–Crippen MR) is 105 cm³/mol. The largest absolute Gasteiger partial charge is 0.508 e. The highest BCUT2D eigenvalue weighted by Gasteiger charge is 2.28. The topological polar surface area (TPSA) is 76.0 Å².